The molecule has 0 aromatic heterocycles. The molecule has 3 aromatic carbocycles. The number of ether oxygens (including phenoxy) is 2. The zero-order valence-electron chi connectivity index (χ0n) is 22.7. The van der Waals surface area contributed by atoms with E-state index in [1.54, 1.807) is 32.9 Å². The highest BCUT2D eigenvalue weighted by molar-refractivity contribution is 5.94. The van der Waals surface area contributed by atoms with Crippen molar-refractivity contribution in [2.75, 3.05) is 7.05 Å². The molecule has 0 saturated heterocycles. The first-order valence-corrected chi connectivity index (χ1v) is 12.7. The van der Waals surface area contributed by atoms with Crippen molar-refractivity contribution in [2.45, 2.75) is 57.9 Å². The summed E-state index contributed by atoms with van der Waals surface area (Å²) in [4.78, 5) is 51.3. The number of fused-ring (bicyclic) bond motifs is 1. The van der Waals surface area contributed by atoms with Crippen LogP contribution in [0.4, 0.5) is 4.79 Å². The van der Waals surface area contributed by atoms with Gasteiger partial charge >= 0.3 is 12.1 Å². The second-order valence-corrected chi connectivity index (χ2v) is 10.1. The van der Waals surface area contributed by atoms with Crippen LogP contribution in [0, 0.1) is 0 Å². The smallest absolute Gasteiger partial charge is 0.408 e. The molecule has 0 saturated carbocycles. The van der Waals surface area contributed by atoms with E-state index in [0.717, 1.165) is 21.9 Å². The summed E-state index contributed by atoms with van der Waals surface area (Å²) in [6, 6.07) is 20.3. The van der Waals surface area contributed by atoms with Crippen LogP contribution in [0.15, 0.2) is 72.8 Å². The van der Waals surface area contributed by atoms with Gasteiger partial charge in [-0.05, 0) is 42.7 Å². The van der Waals surface area contributed by atoms with E-state index in [4.69, 9.17) is 9.47 Å². The van der Waals surface area contributed by atoms with Gasteiger partial charge in [0.15, 0.2) is 0 Å². The van der Waals surface area contributed by atoms with Crippen LogP contribution >= 0.6 is 0 Å². The lowest BCUT2D eigenvalue weighted by molar-refractivity contribution is -0.147. The highest BCUT2D eigenvalue weighted by Crippen LogP contribution is 2.20. The first kappa shape index (κ1) is 29.2. The highest BCUT2D eigenvalue weighted by Gasteiger charge is 2.30. The molecular weight excluding hydrogens is 498 g/mol. The second kappa shape index (κ2) is 13.4. The van der Waals surface area contributed by atoms with E-state index in [1.165, 1.54) is 7.05 Å². The van der Waals surface area contributed by atoms with Gasteiger partial charge in [0, 0.05) is 13.5 Å². The van der Waals surface area contributed by atoms with Gasteiger partial charge in [0.1, 0.15) is 24.3 Å². The number of hydrogen-bond acceptors (Lipinski definition) is 6. The van der Waals surface area contributed by atoms with Crippen LogP contribution < -0.4 is 16.0 Å². The predicted octanol–water partition coefficient (Wildman–Crippen LogP) is 3.64. The lowest BCUT2D eigenvalue weighted by Gasteiger charge is -2.25. The predicted molar refractivity (Wildman–Crippen MR) is 148 cm³/mol. The SMILES string of the molecule is CNC(=O)[C@H](Cc1cccc2ccccc12)NC(=O)[C@H](CC(=O)OCc1ccccc1)NC(=O)OC(C)(C)C. The van der Waals surface area contributed by atoms with E-state index in [0.29, 0.717) is 0 Å². The summed E-state index contributed by atoms with van der Waals surface area (Å²) in [5, 5.41) is 9.68. The third-order valence-electron chi connectivity index (χ3n) is 5.80. The van der Waals surface area contributed by atoms with E-state index in [1.807, 2.05) is 60.7 Å². The summed E-state index contributed by atoms with van der Waals surface area (Å²) >= 11 is 0. The van der Waals surface area contributed by atoms with Crippen molar-refractivity contribution in [3.63, 3.8) is 0 Å². The van der Waals surface area contributed by atoms with Crippen molar-refractivity contribution in [3.05, 3.63) is 83.9 Å². The number of hydrogen-bond donors (Lipinski definition) is 3. The molecule has 0 bridgehead atoms. The molecule has 3 rings (SSSR count). The Bertz CT molecular complexity index is 1300. The molecule has 0 heterocycles. The number of benzene rings is 3. The normalized spacial score (nSPS) is 12.6. The number of amides is 3. The van der Waals surface area contributed by atoms with Crippen molar-refractivity contribution >= 4 is 34.6 Å². The molecule has 3 aromatic rings. The Hall–Kier alpha value is -4.40. The number of carbonyl (C=O) groups is 4. The standard InChI is InChI=1S/C30H35N3O6/c1-30(2,3)39-29(37)33-25(18-26(34)38-19-20-11-6-5-7-12-20)28(36)32-24(27(35)31-4)17-22-15-10-14-21-13-8-9-16-23(21)22/h5-16,24-25H,17-19H2,1-4H3,(H,31,35)(H,32,36)(H,33,37)/t24-,25-/m0/s1. The third kappa shape index (κ3) is 9.14. The molecule has 206 valence electrons. The highest BCUT2D eigenvalue weighted by atomic mass is 16.6. The third-order valence-corrected chi connectivity index (χ3v) is 5.80. The molecule has 2 atom stereocenters. The Morgan fingerprint density at radius 2 is 1.46 bits per heavy atom. The van der Waals surface area contributed by atoms with Crippen molar-refractivity contribution in [1.82, 2.24) is 16.0 Å². The van der Waals surface area contributed by atoms with Gasteiger partial charge in [-0.2, -0.15) is 0 Å². The van der Waals surface area contributed by atoms with Gasteiger partial charge in [-0.3, -0.25) is 14.4 Å². The average molecular weight is 534 g/mol. The Labute approximate surface area is 228 Å². The van der Waals surface area contributed by atoms with Crippen molar-refractivity contribution in [3.8, 4) is 0 Å². The number of alkyl carbamates (subject to hydrolysis) is 1. The van der Waals surface area contributed by atoms with Gasteiger partial charge in [0.05, 0.1) is 6.42 Å². The minimum atomic E-state index is -1.33. The molecule has 0 unspecified atom stereocenters. The van der Waals surface area contributed by atoms with Crippen molar-refractivity contribution in [1.29, 1.82) is 0 Å². The van der Waals surface area contributed by atoms with Crippen molar-refractivity contribution < 1.29 is 28.7 Å². The maximum Gasteiger partial charge on any atom is 0.408 e. The van der Waals surface area contributed by atoms with Gasteiger partial charge in [-0.1, -0.05) is 72.8 Å². The molecule has 0 aliphatic rings. The van der Waals surface area contributed by atoms with E-state index < -0.39 is 48.0 Å². The molecule has 9 heteroatoms. The summed E-state index contributed by atoms with van der Waals surface area (Å²) in [5.41, 5.74) is 0.820. The van der Waals surface area contributed by atoms with Crippen molar-refractivity contribution in [2.24, 2.45) is 0 Å². The molecule has 0 fully saturated rings. The van der Waals surface area contributed by atoms with Crippen LogP contribution in [-0.4, -0.2) is 48.6 Å². The summed E-state index contributed by atoms with van der Waals surface area (Å²) in [5.74, 6) is -1.83. The van der Waals surface area contributed by atoms with Crippen LogP contribution in [0.5, 0.6) is 0 Å². The van der Waals surface area contributed by atoms with Gasteiger partial charge in [0.25, 0.3) is 0 Å². The monoisotopic (exact) mass is 533 g/mol. The van der Waals surface area contributed by atoms with Gasteiger partial charge in [-0.25, -0.2) is 4.79 Å². The fraction of sp³-hybridized carbons (Fsp3) is 0.333. The molecule has 0 spiro atoms. The van der Waals surface area contributed by atoms with Crippen LogP contribution in [0.25, 0.3) is 10.8 Å². The lowest BCUT2D eigenvalue weighted by atomic mass is 9.98. The van der Waals surface area contributed by atoms with Gasteiger partial charge < -0.3 is 25.4 Å². The maximum atomic E-state index is 13.4. The van der Waals surface area contributed by atoms with E-state index in [9.17, 15) is 19.2 Å². The minimum Gasteiger partial charge on any atom is -0.461 e. The molecule has 0 aliphatic carbocycles. The average Bonchev–Trinajstić information content (AvgIpc) is 2.90. The zero-order chi connectivity index (χ0) is 28.4. The summed E-state index contributed by atoms with van der Waals surface area (Å²) in [6.07, 6.45) is -1.12. The molecular formula is C30H35N3O6. The Morgan fingerprint density at radius 1 is 0.795 bits per heavy atom. The van der Waals surface area contributed by atoms with Crippen LogP contribution in [0.2, 0.25) is 0 Å². The minimum absolute atomic E-state index is 0.0163. The fourth-order valence-corrected chi connectivity index (χ4v) is 3.97. The molecule has 0 aliphatic heterocycles. The zero-order valence-corrected chi connectivity index (χ0v) is 22.7. The number of rotatable bonds is 10. The number of carbonyl (C=O) groups excluding carboxylic acids is 4. The molecule has 3 N–H and O–H groups in total. The Kier molecular flexibility index (Phi) is 10.0. The first-order valence-electron chi connectivity index (χ1n) is 12.7. The molecule has 39 heavy (non-hydrogen) atoms. The summed E-state index contributed by atoms with van der Waals surface area (Å²) < 4.78 is 10.6. The second-order valence-electron chi connectivity index (χ2n) is 10.1. The van der Waals surface area contributed by atoms with E-state index >= 15 is 0 Å². The van der Waals surface area contributed by atoms with E-state index in [-0.39, 0.29) is 13.0 Å². The van der Waals surface area contributed by atoms with Gasteiger partial charge in [0.2, 0.25) is 11.8 Å². The first-order chi connectivity index (χ1) is 18.6. The van der Waals surface area contributed by atoms with Crippen LogP contribution in [0.1, 0.15) is 38.3 Å². The number of nitrogens with one attached hydrogen (secondary N) is 3. The van der Waals surface area contributed by atoms with Crippen LogP contribution in [-0.2, 0) is 36.9 Å². The quantitative estimate of drug-likeness (QED) is 0.342. The number of likely N-dealkylation sites (N-methyl/N-ethyl adjacent to an activating group) is 1. The van der Waals surface area contributed by atoms with E-state index in [2.05, 4.69) is 16.0 Å². The molecule has 9 nitrogen and oxygen atoms in total. The number of esters is 1. The van der Waals surface area contributed by atoms with Crippen LogP contribution in [0.3, 0.4) is 0 Å². The molecule has 0 radical (unpaired) electrons. The largest absolute Gasteiger partial charge is 0.461 e. The van der Waals surface area contributed by atoms with Gasteiger partial charge in [-0.15, -0.1) is 0 Å². The Balaban J connectivity index is 1.77. The maximum absolute atomic E-state index is 13.4. The Morgan fingerprint density at radius 3 is 2.15 bits per heavy atom. The topological polar surface area (TPSA) is 123 Å². The fourth-order valence-electron chi connectivity index (χ4n) is 3.97. The summed E-state index contributed by atoms with van der Waals surface area (Å²) in [6.45, 7) is 5.06. The lowest BCUT2D eigenvalue weighted by Crippen LogP contribution is -2.55. The summed E-state index contributed by atoms with van der Waals surface area (Å²) in [7, 11) is 1.47. The molecule has 3 amide bonds.